The van der Waals surface area contributed by atoms with Gasteiger partial charge in [-0.3, -0.25) is 4.57 Å². The largest absolute Gasteiger partial charge is 0.370 e. The van der Waals surface area contributed by atoms with Crippen molar-refractivity contribution in [2.75, 3.05) is 5.32 Å². The maximum Gasteiger partial charge on any atom is 0.193 e. The summed E-state index contributed by atoms with van der Waals surface area (Å²) in [6.45, 7) is 4.46. The molecule has 1 aromatic carbocycles. The molecule has 0 atom stereocenters. The van der Waals surface area contributed by atoms with Crippen molar-refractivity contribution in [1.82, 2.24) is 14.5 Å². The van der Waals surface area contributed by atoms with Crippen LogP contribution in [0.25, 0.3) is 5.82 Å². The number of nitrogens with zero attached hydrogens (tertiary/aromatic N) is 4. The molecule has 122 valence electrons. The molecule has 3 rings (SSSR count). The Kier molecular flexibility index (Phi) is 4.56. The molecule has 0 aliphatic rings. The Bertz CT molecular complexity index is 831. The lowest BCUT2D eigenvalue weighted by atomic mass is 10.2. The van der Waals surface area contributed by atoms with E-state index in [0.717, 1.165) is 22.9 Å². The van der Waals surface area contributed by atoms with E-state index in [1.807, 2.05) is 61.0 Å². The number of hydrogen-bond donors (Lipinski definition) is 2. The highest BCUT2D eigenvalue weighted by Gasteiger charge is 2.02. The molecule has 0 radical (unpaired) electrons. The highest BCUT2D eigenvalue weighted by Crippen LogP contribution is 2.10. The smallest absolute Gasteiger partial charge is 0.193 e. The predicted molar refractivity (Wildman–Crippen MR) is 96.2 cm³/mol. The molecule has 0 amide bonds. The lowest BCUT2D eigenvalue weighted by Crippen LogP contribution is -2.22. The minimum atomic E-state index is 0.383. The molecule has 0 aliphatic heterocycles. The molecule has 2 heterocycles. The van der Waals surface area contributed by atoms with Crippen molar-refractivity contribution in [3.63, 3.8) is 0 Å². The van der Waals surface area contributed by atoms with Gasteiger partial charge in [0.15, 0.2) is 5.96 Å². The summed E-state index contributed by atoms with van der Waals surface area (Å²) in [5.74, 6) is 2.12. The predicted octanol–water partition coefficient (Wildman–Crippen LogP) is 2.81. The average molecular weight is 320 g/mol. The van der Waals surface area contributed by atoms with Crippen LogP contribution in [-0.2, 0) is 6.54 Å². The third kappa shape index (κ3) is 3.78. The summed E-state index contributed by atoms with van der Waals surface area (Å²) < 4.78 is 1.93. The van der Waals surface area contributed by atoms with E-state index in [1.54, 1.807) is 12.4 Å². The third-order valence-electron chi connectivity index (χ3n) is 3.64. The Labute approximate surface area is 141 Å². The Hall–Kier alpha value is -3.15. The van der Waals surface area contributed by atoms with E-state index in [4.69, 9.17) is 5.73 Å². The number of imidazole rings is 1. The third-order valence-corrected chi connectivity index (χ3v) is 3.64. The molecule has 0 aliphatic carbocycles. The summed E-state index contributed by atoms with van der Waals surface area (Å²) in [6.07, 6.45) is 5.45. The summed E-state index contributed by atoms with van der Waals surface area (Å²) in [6, 6.07) is 11.9. The van der Waals surface area contributed by atoms with Gasteiger partial charge in [-0.25, -0.2) is 15.0 Å². The van der Waals surface area contributed by atoms with E-state index in [9.17, 15) is 0 Å². The van der Waals surface area contributed by atoms with Crippen LogP contribution in [0.5, 0.6) is 0 Å². The first kappa shape index (κ1) is 15.7. The number of benzene rings is 1. The Morgan fingerprint density at radius 1 is 1.12 bits per heavy atom. The number of guanidine groups is 1. The van der Waals surface area contributed by atoms with Crippen LogP contribution < -0.4 is 11.1 Å². The van der Waals surface area contributed by atoms with Gasteiger partial charge in [0.1, 0.15) is 11.6 Å². The Balaban J connectivity index is 1.63. The molecule has 0 fully saturated rings. The van der Waals surface area contributed by atoms with Crippen molar-refractivity contribution < 1.29 is 0 Å². The van der Waals surface area contributed by atoms with Gasteiger partial charge in [-0.05, 0) is 37.6 Å². The maximum absolute atomic E-state index is 5.92. The highest BCUT2D eigenvalue weighted by molar-refractivity contribution is 5.92. The van der Waals surface area contributed by atoms with Gasteiger partial charge in [-0.1, -0.05) is 23.8 Å². The number of aryl methyl sites for hydroxylation is 2. The zero-order chi connectivity index (χ0) is 16.9. The zero-order valence-corrected chi connectivity index (χ0v) is 13.8. The molecular weight excluding hydrogens is 300 g/mol. The fourth-order valence-electron chi connectivity index (χ4n) is 2.27. The van der Waals surface area contributed by atoms with Gasteiger partial charge in [-0.2, -0.15) is 0 Å². The quantitative estimate of drug-likeness (QED) is 0.572. The average Bonchev–Trinajstić information content (AvgIpc) is 3.02. The number of pyridine rings is 1. The van der Waals surface area contributed by atoms with Crippen LogP contribution in [0.4, 0.5) is 5.69 Å². The van der Waals surface area contributed by atoms with Gasteiger partial charge in [0.2, 0.25) is 0 Å². The number of nitrogens with two attached hydrogens (primary N) is 1. The summed E-state index contributed by atoms with van der Waals surface area (Å²) >= 11 is 0. The number of aromatic nitrogens is 3. The van der Waals surface area contributed by atoms with Crippen LogP contribution >= 0.6 is 0 Å². The minimum Gasteiger partial charge on any atom is -0.370 e. The Morgan fingerprint density at radius 2 is 1.92 bits per heavy atom. The second-order valence-corrected chi connectivity index (χ2v) is 5.56. The molecule has 24 heavy (non-hydrogen) atoms. The second kappa shape index (κ2) is 6.95. The molecule has 3 aromatic rings. The molecule has 0 spiro atoms. The molecular formula is C18H20N6. The van der Waals surface area contributed by atoms with Crippen LogP contribution in [0, 0.1) is 13.8 Å². The van der Waals surface area contributed by atoms with E-state index in [2.05, 4.69) is 20.3 Å². The topological polar surface area (TPSA) is 81.1 Å². The van der Waals surface area contributed by atoms with Crippen LogP contribution in [0.15, 0.2) is 60.0 Å². The van der Waals surface area contributed by atoms with Crippen LogP contribution in [-0.4, -0.2) is 20.5 Å². The van der Waals surface area contributed by atoms with E-state index in [-0.39, 0.29) is 0 Å². The molecule has 0 saturated heterocycles. The molecule has 0 bridgehead atoms. The second-order valence-electron chi connectivity index (χ2n) is 5.56. The van der Waals surface area contributed by atoms with Crippen LogP contribution in [0.2, 0.25) is 0 Å². The maximum atomic E-state index is 5.92. The number of hydrogen-bond acceptors (Lipinski definition) is 3. The molecule has 6 heteroatoms. The zero-order valence-electron chi connectivity index (χ0n) is 13.8. The molecule has 6 nitrogen and oxygen atoms in total. The lowest BCUT2D eigenvalue weighted by Gasteiger charge is -2.07. The Morgan fingerprint density at radius 3 is 2.54 bits per heavy atom. The first-order chi connectivity index (χ1) is 11.6. The van der Waals surface area contributed by atoms with Gasteiger partial charge in [-0.15, -0.1) is 0 Å². The highest BCUT2D eigenvalue weighted by atomic mass is 15.1. The van der Waals surface area contributed by atoms with Crippen molar-refractivity contribution in [1.29, 1.82) is 0 Å². The monoisotopic (exact) mass is 320 g/mol. The van der Waals surface area contributed by atoms with Gasteiger partial charge >= 0.3 is 0 Å². The first-order valence-corrected chi connectivity index (χ1v) is 7.71. The van der Waals surface area contributed by atoms with Gasteiger partial charge in [0, 0.05) is 24.3 Å². The fourth-order valence-corrected chi connectivity index (χ4v) is 2.27. The van der Waals surface area contributed by atoms with E-state index >= 15 is 0 Å². The normalized spacial score (nSPS) is 11.5. The number of aliphatic imine (C=N–C) groups is 1. The number of nitrogens with one attached hydrogen (secondary N) is 1. The summed E-state index contributed by atoms with van der Waals surface area (Å²) in [5, 5.41) is 3.08. The van der Waals surface area contributed by atoms with Crippen molar-refractivity contribution in [2.45, 2.75) is 20.4 Å². The summed E-state index contributed by atoms with van der Waals surface area (Å²) in [4.78, 5) is 13.0. The van der Waals surface area contributed by atoms with Crippen molar-refractivity contribution in [3.8, 4) is 5.82 Å². The van der Waals surface area contributed by atoms with E-state index in [1.165, 1.54) is 5.56 Å². The van der Waals surface area contributed by atoms with Gasteiger partial charge in [0.25, 0.3) is 0 Å². The number of anilines is 1. The molecule has 2 aromatic heterocycles. The van der Waals surface area contributed by atoms with Crippen molar-refractivity contribution >= 4 is 11.6 Å². The summed E-state index contributed by atoms with van der Waals surface area (Å²) in [5.41, 5.74) is 9.04. The van der Waals surface area contributed by atoms with Gasteiger partial charge in [0.05, 0.1) is 6.54 Å². The molecule has 0 saturated carbocycles. The fraction of sp³-hybridized carbons (Fsp3) is 0.167. The molecule has 3 N–H and O–H groups in total. The van der Waals surface area contributed by atoms with Crippen molar-refractivity contribution in [3.05, 3.63) is 71.9 Å². The van der Waals surface area contributed by atoms with Crippen LogP contribution in [0.1, 0.15) is 17.0 Å². The van der Waals surface area contributed by atoms with E-state index in [0.29, 0.717) is 12.5 Å². The SMILES string of the molecule is Cc1ccc(NC(N)=NCc2ccc(-n3ccnc3C)nc2)cc1. The van der Waals surface area contributed by atoms with Crippen LogP contribution in [0.3, 0.4) is 0 Å². The molecule has 0 unspecified atom stereocenters. The minimum absolute atomic E-state index is 0.383. The first-order valence-electron chi connectivity index (χ1n) is 7.71. The van der Waals surface area contributed by atoms with Crippen molar-refractivity contribution in [2.24, 2.45) is 10.7 Å². The summed E-state index contributed by atoms with van der Waals surface area (Å²) in [7, 11) is 0. The standard InChI is InChI=1S/C18H20N6/c1-13-3-6-16(7-4-13)23-18(19)22-12-15-5-8-17(21-11-15)24-10-9-20-14(24)2/h3-11H,12H2,1-2H3,(H3,19,22,23). The van der Waals surface area contributed by atoms with Gasteiger partial charge < -0.3 is 11.1 Å². The number of rotatable bonds is 4. The lowest BCUT2D eigenvalue weighted by molar-refractivity contribution is 0.922. The van der Waals surface area contributed by atoms with E-state index < -0.39 is 0 Å².